The SMILES string of the molecule is CN1CCC(c2cccnc2F)=CC1=O.CN1CCC(c2cccnc2F)CC1=O.CN1CCC(c2cccnc2Oc2ccc(Nc3nc4ccccc4s3)cc2)CC1=O.CN1CCC=CC1=O.CN1CCCCC1=O.Fc1ncccc1Br.O=CO[O-].Oc1ccc(Nc2nc3ccccc3s2)cc1.[Cs+].[Cs+].[H-]. The fourth-order valence-electron chi connectivity index (χ4n) is 10.8. The second-order valence-electron chi connectivity index (χ2n) is 24.4. The van der Waals surface area contributed by atoms with Crippen LogP contribution in [0.25, 0.3) is 26.0 Å². The summed E-state index contributed by atoms with van der Waals surface area (Å²) in [5.74, 6) is 0.812. The minimum atomic E-state index is -0.513. The number of carbonyl (C=O) groups is 6. The van der Waals surface area contributed by atoms with Gasteiger partial charge in [-0.1, -0.05) is 65.1 Å². The molecule has 11 heterocycles. The third kappa shape index (κ3) is 29.1. The topological polar surface area (TPSA) is 282 Å². The summed E-state index contributed by atoms with van der Waals surface area (Å²) in [4.78, 5) is 100. The van der Waals surface area contributed by atoms with Crippen LogP contribution in [0.2, 0.25) is 0 Å². The number of likely N-dealkylation sites (tertiary alicyclic amines) is 3. The Labute approximate surface area is 760 Å². The summed E-state index contributed by atoms with van der Waals surface area (Å²) in [6.07, 6.45) is 18.2. The molecule has 23 nitrogen and oxygen atoms in total. The number of hydrogen-bond acceptors (Lipinski definition) is 20. The van der Waals surface area contributed by atoms with Gasteiger partial charge in [-0.25, -0.2) is 29.9 Å². The fraction of sp³-hybridized carbons (Fsp3) is 0.273. The molecule has 3 N–H and O–H groups in total. The van der Waals surface area contributed by atoms with E-state index in [1.54, 1.807) is 122 Å². The number of halogens is 4. The van der Waals surface area contributed by atoms with Crippen molar-refractivity contribution in [1.82, 2.24) is 54.4 Å². The van der Waals surface area contributed by atoms with Gasteiger partial charge in [0.1, 0.15) is 11.5 Å². The molecule has 5 amide bonds. The number of rotatable bonds is 10. The zero-order valence-corrected chi connectivity index (χ0v) is 76.7. The molecule has 15 rings (SSSR count). The summed E-state index contributed by atoms with van der Waals surface area (Å²) < 4.78 is 47.7. The van der Waals surface area contributed by atoms with Crippen molar-refractivity contribution in [1.29, 1.82) is 0 Å². The molecule has 556 valence electrons. The number of aromatic hydroxyl groups is 1. The Kier molecular flexibility index (Phi) is 39.4. The molecule has 4 aromatic carbocycles. The van der Waals surface area contributed by atoms with Gasteiger partial charge >= 0.3 is 138 Å². The molecule has 10 aromatic rings. The molecule has 5 aliphatic rings. The predicted octanol–water partition coefficient (Wildman–Crippen LogP) is 7.90. The van der Waals surface area contributed by atoms with Gasteiger partial charge in [-0.15, -0.1) is 0 Å². The molecule has 5 aliphatic heterocycles. The van der Waals surface area contributed by atoms with Gasteiger partial charge in [-0.05, 0) is 187 Å². The average Bonchev–Trinajstić information content (AvgIpc) is 1.75. The smallest absolute Gasteiger partial charge is 1.00 e. The van der Waals surface area contributed by atoms with Crippen LogP contribution in [0.1, 0.15) is 87.7 Å². The van der Waals surface area contributed by atoms with Crippen molar-refractivity contribution in [3.05, 3.63) is 228 Å². The molecule has 0 spiro atoms. The molecule has 3 fully saturated rings. The van der Waals surface area contributed by atoms with Gasteiger partial charge in [0.25, 0.3) is 6.47 Å². The van der Waals surface area contributed by atoms with E-state index in [1.807, 2.05) is 112 Å². The number of hydrogen-bond donors (Lipinski definition) is 3. The number of phenols is 1. The third-order valence-electron chi connectivity index (χ3n) is 16.9. The van der Waals surface area contributed by atoms with E-state index in [0.717, 1.165) is 105 Å². The molecule has 0 radical (unpaired) electrons. The molecular weight excluding hydrogens is 1730 g/mol. The number of pyridine rings is 4. The molecule has 0 aliphatic carbocycles. The van der Waals surface area contributed by atoms with Gasteiger partial charge in [0.05, 0.1) is 24.9 Å². The van der Waals surface area contributed by atoms with Crippen molar-refractivity contribution in [2.24, 2.45) is 0 Å². The zero-order valence-electron chi connectivity index (χ0n) is 61.9. The summed E-state index contributed by atoms with van der Waals surface area (Å²) in [7, 11) is 9.03. The molecule has 2 atom stereocenters. The van der Waals surface area contributed by atoms with Gasteiger partial charge in [-0.2, -0.15) is 13.2 Å². The standard InChI is InChI=1S/C24H22N4O2S.C13H10N2OS.C11H13FN2O.C11H11FN2O.C6H11NO.C6H9NO.C5H3BrFN.CH2O3.2Cs.H/c1-28-14-12-16(15-22(28)29)19-5-4-13-25-23(19)30-18-10-8-17(9-11-18)26-24-27-20-6-2-3-7-21(20)31-24;16-10-7-5-9(6-8-10)14-13-15-11-3-1-2-4-12(11)17-13;2*1-14-6-4-8(7-10(14)15)9-3-2-5-13-11(9)12;2*1-7-5-3-2-4-6(7)8;6-4-2-1-3-8-5(4)7;2-1-4-3;;;/h2-11,13,16H,12,14-15H2,1H3,(H,26,27);1-8,16H,(H,14,15);2-3,5,8H,4,6-7H2,1H3;2-3,5,7H,4,6H2,1H3;2-5H2,1H3;2,4H,3,5H2,1H3;1-3H;1,3H;;;/q;;;;;;;;2*+1;-1/p-1. The van der Waals surface area contributed by atoms with Crippen LogP contribution in [0, 0.1) is 17.8 Å². The van der Waals surface area contributed by atoms with Crippen molar-refractivity contribution < 1.29 is 201 Å². The quantitative estimate of drug-likeness (QED) is 0.0385. The number of ether oxygens (including phenoxy) is 1. The molecule has 0 bridgehead atoms. The Balaban J connectivity index is 0.000000238. The number of para-hydroxylation sites is 2. The van der Waals surface area contributed by atoms with E-state index >= 15 is 0 Å². The van der Waals surface area contributed by atoms with Crippen molar-refractivity contribution in [3.8, 4) is 17.4 Å². The number of aromatic nitrogens is 6. The number of benzene rings is 4. The Hall–Kier alpha value is -6.91. The maximum atomic E-state index is 13.4. The monoisotopic (exact) mass is 1810 g/mol. The number of piperidine rings is 3. The van der Waals surface area contributed by atoms with Crippen LogP contribution >= 0.6 is 38.6 Å². The number of likely N-dealkylation sites (N-methyl/N-ethyl adjacent to an activating group) is 2. The van der Waals surface area contributed by atoms with Crippen LogP contribution in [-0.4, -0.2) is 163 Å². The van der Waals surface area contributed by atoms with Crippen molar-refractivity contribution in [2.45, 2.75) is 69.6 Å². The number of thiazole rings is 2. The largest absolute Gasteiger partial charge is 1.00 e. The van der Waals surface area contributed by atoms with Crippen LogP contribution < -0.4 is 158 Å². The fourth-order valence-corrected chi connectivity index (χ4v) is 12.9. The summed E-state index contributed by atoms with van der Waals surface area (Å²) in [6, 6.07) is 44.7. The van der Waals surface area contributed by atoms with Crippen molar-refractivity contribution in [3.63, 3.8) is 0 Å². The minimum Gasteiger partial charge on any atom is -1.00 e. The van der Waals surface area contributed by atoms with E-state index in [4.69, 9.17) is 14.8 Å². The van der Waals surface area contributed by atoms with E-state index in [9.17, 15) is 42.3 Å². The summed E-state index contributed by atoms with van der Waals surface area (Å²) in [6.45, 7) is 3.72. The first kappa shape index (κ1) is 90.0. The average molecular weight is 1820 g/mol. The predicted molar refractivity (Wildman–Crippen MR) is 406 cm³/mol. The maximum Gasteiger partial charge on any atom is 1.00 e. The normalized spacial score (nSPS) is 15.7. The first-order valence-corrected chi connectivity index (χ1v) is 36.1. The molecule has 3 saturated heterocycles. The molecule has 6 aromatic heterocycles. The third-order valence-corrected chi connectivity index (χ3v) is 19.4. The van der Waals surface area contributed by atoms with Crippen LogP contribution in [0.3, 0.4) is 0 Å². The summed E-state index contributed by atoms with van der Waals surface area (Å²) >= 11 is 6.19. The molecule has 108 heavy (non-hydrogen) atoms. The first-order valence-electron chi connectivity index (χ1n) is 33.7. The Morgan fingerprint density at radius 2 is 1.06 bits per heavy atom. The number of nitrogens with one attached hydrogen (secondary N) is 2. The van der Waals surface area contributed by atoms with Gasteiger partial charge in [0.15, 0.2) is 10.3 Å². The number of anilines is 4. The van der Waals surface area contributed by atoms with E-state index in [0.29, 0.717) is 65.5 Å². The molecule has 2 unspecified atom stereocenters. The summed E-state index contributed by atoms with van der Waals surface area (Å²) in [5, 5.41) is 25.9. The molecule has 31 heteroatoms. The Morgan fingerprint density at radius 1 is 0.556 bits per heavy atom. The van der Waals surface area contributed by atoms with E-state index in [2.05, 4.69) is 73.5 Å². The van der Waals surface area contributed by atoms with Crippen molar-refractivity contribution in [2.75, 3.05) is 78.6 Å². The van der Waals surface area contributed by atoms with E-state index < -0.39 is 17.8 Å². The number of phenolic OH excluding ortho intramolecular Hbond substituents is 1. The Bertz CT molecular complexity index is 4550. The van der Waals surface area contributed by atoms with Crippen LogP contribution in [-0.2, 0) is 33.7 Å². The molecular formula is C77H81BrCs2F3N13O10S2. The number of amides is 5. The van der Waals surface area contributed by atoms with E-state index in [1.165, 1.54) is 31.1 Å². The second kappa shape index (κ2) is 47.3. The number of carbonyl (C=O) groups excluding carboxylic acids is 6. The zero-order chi connectivity index (χ0) is 75.9. The van der Waals surface area contributed by atoms with Crippen molar-refractivity contribution >= 4 is 122 Å². The Morgan fingerprint density at radius 3 is 1.52 bits per heavy atom. The minimum absolute atomic E-state index is 0. The first-order chi connectivity index (χ1) is 51.2. The summed E-state index contributed by atoms with van der Waals surface area (Å²) in [5.41, 5.74) is 6.56. The van der Waals surface area contributed by atoms with Gasteiger partial charge < -0.3 is 56.5 Å². The second-order valence-corrected chi connectivity index (χ2v) is 27.3. The van der Waals surface area contributed by atoms with Crippen LogP contribution in [0.4, 0.5) is 34.8 Å². The van der Waals surface area contributed by atoms with Gasteiger partial charge in [-0.3, -0.25) is 28.8 Å². The van der Waals surface area contributed by atoms with E-state index in [-0.39, 0.29) is 187 Å². The maximum absolute atomic E-state index is 13.4. The van der Waals surface area contributed by atoms with Gasteiger partial charge in [0.2, 0.25) is 53.3 Å². The molecule has 0 saturated carbocycles. The number of fused-ring (bicyclic) bond motifs is 2. The number of nitrogens with zero attached hydrogens (tertiary/aromatic N) is 11. The van der Waals surface area contributed by atoms with Crippen LogP contribution in [0.15, 0.2) is 193 Å². The van der Waals surface area contributed by atoms with Crippen LogP contribution in [0.5, 0.6) is 17.4 Å². The van der Waals surface area contributed by atoms with Gasteiger partial charge in [0, 0.05) is 146 Å².